The fraction of sp³-hybridized carbons (Fsp3) is 0.500. The van der Waals surface area contributed by atoms with Crippen molar-refractivity contribution < 1.29 is 8.42 Å². The number of nitrogen functional groups attached to an aromatic ring is 1. The predicted octanol–water partition coefficient (Wildman–Crippen LogP) is 0.659. The van der Waals surface area contributed by atoms with E-state index in [2.05, 4.69) is 4.90 Å². The number of nitrogens with zero attached hydrogens (tertiary/aromatic N) is 2. The van der Waals surface area contributed by atoms with Crippen LogP contribution < -0.4 is 10.6 Å². The second kappa shape index (κ2) is 4.78. The van der Waals surface area contributed by atoms with Crippen molar-refractivity contribution in [3.8, 4) is 0 Å². The SMILES string of the molecule is Cc1cc(N2CCN(S(C)(=O)=O)CC2)ccc1N. The number of piperazine rings is 1. The van der Waals surface area contributed by atoms with Crippen LogP contribution in [0.3, 0.4) is 0 Å². The minimum atomic E-state index is -3.06. The van der Waals surface area contributed by atoms with Crippen LogP contribution in [-0.4, -0.2) is 45.2 Å². The van der Waals surface area contributed by atoms with Gasteiger partial charge >= 0.3 is 0 Å². The van der Waals surface area contributed by atoms with E-state index in [1.54, 1.807) is 0 Å². The molecule has 0 atom stereocenters. The maximum atomic E-state index is 11.4. The van der Waals surface area contributed by atoms with Gasteiger partial charge in [-0.2, -0.15) is 4.31 Å². The lowest BCUT2D eigenvalue weighted by molar-refractivity contribution is 0.388. The molecule has 1 heterocycles. The van der Waals surface area contributed by atoms with Gasteiger partial charge in [-0.25, -0.2) is 8.42 Å². The Morgan fingerprint density at radius 2 is 1.78 bits per heavy atom. The van der Waals surface area contributed by atoms with Gasteiger partial charge in [0.1, 0.15) is 0 Å². The highest BCUT2D eigenvalue weighted by atomic mass is 32.2. The number of hydrogen-bond acceptors (Lipinski definition) is 4. The summed E-state index contributed by atoms with van der Waals surface area (Å²) in [6.07, 6.45) is 1.26. The molecule has 1 saturated heterocycles. The zero-order valence-electron chi connectivity index (χ0n) is 10.8. The van der Waals surface area contributed by atoms with Crippen molar-refractivity contribution >= 4 is 21.4 Å². The van der Waals surface area contributed by atoms with E-state index >= 15 is 0 Å². The Balaban J connectivity index is 2.08. The van der Waals surface area contributed by atoms with Crippen molar-refractivity contribution in [3.05, 3.63) is 23.8 Å². The van der Waals surface area contributed by atoms with Crippen LogP contribution in [-0.2, 0) is 10.0 Å². The number of anilines is 2. The Kier molecular flexibility index (Phi) is 3.49. The Bertz CT molecular complexity index is 534. The highest BCUT2D eigenvalue weighted by Crippen LogP contribution is 2.22. The summed E-state index contributed by atoms with van der Waals surface area (Å²) in [7, 11) is -3.06. The molecule has 1 aliphatic rings. The Hall–Kier alpha value is -1.27. The number of rotatable bonds is 2. The second-order valence-corrected chi connectivity index (χ2v) is 6.67. The van der Waals surface area contributed by atoms with Gasteiger partial charge in [-0.3, -0.25) is 0 Å². The Morgan fingerprint density at radius 3 is 2.28 bits per heavy atom. The van der Waals surface area contributed by atoms with Crippen LogP contribution in [0.5, 0.6) is 0 Å². The fourth-order valence-electron chi connectivity index (χ4n) is 2.13. The molecule has 2 rings (SSSR count). The standard InChI is InChI=1S/C12H19N3O2S/c1-10-9-11(3-4-12(10)13)14-5-7-15(8-6-14)18(2,16)17/h3-4,9H,5-8,13H2,1-2H3. The van der Waals surface area contributed by atoms with Crippen LogP contribution in [0.4, 0.5) is 11.4 Å². The van der Waals surface area contributed by atoms with Crippen LogP contribution in [0.2, 0.25) is 0 Å². The largest absolute Gasteiger partial charge is 0.399 e. The van der Waals surface area contributed by atoms with E-state index in [9.17, 15) is 8.42 Å². The van der Waals surface area contributed by atoms with Crippen LogP contribution in [0.25, 0.3) is 0 Å². The number of sulfonamides is 1. The van der Waals surface area contributed by atoms with Crippen molar-refractivity contribution in [2.45, 2.75) is 6.92 Å². The second-order valence-electron chi connectivity index (χ2n) is 4.69. The third-order valence-corrected chi connectivity index (χ3v) is 4.63. The van der Waals surface area contributed by atoms with Crippen LogP contribution in [0, 0.1) is 6.92 Å². The first-order valence-electron chi connectivity index (χ1n) is 5.94. The molecule has 0 amide bonds. The predicted molar refractivity (Wildman–Crippen MR) is 74.2 cm³/mol. The van der Waals surface area contributed by atoms with Gasteiger partial charge in [-0.05, 0) is 30.7 Å². The Labute approximate surface area is 108 Å². The van der Waals surface area contributed by atoms with Crippen LogP contribution >= 0.6 is 0 Å². The van der Waals surface area contributed by atoms with Crippen LogP contribution in [0.1, 0.15) is 5.56 Å². The summed E-state index contributed by atoms with van der Waals surface area (Å²) in [4.78, 5) is 2.19. The fourth-order valence-corrected chi connectivity index (χ4v) is 2.96. The molecule has 1 aliphatic heterocycles. The molecule has 0 bridgehead atoms. The summed E-state index contributed by atoms with van der Waals surface area (Å²) in [5.41, 5.74) is 8.74. The van der Waals surface area contributed by atoms with Crippen molar-refractivity contribution in [2.75, 3.05) is 43.1 Å². The number of nitrogens with two attached hydrogens (primary N) is 1. The van der Waals surface area contributed by atoms with Gasteiger partial charge in [0.25, 0.3) is 0 Å². The van der Waals surface area contributed by atoms with Gasteiger partial charge in [0.05, 0.1) is 6.26 Å². The van der Waals surface area contributed by atoms with Gasteiger partial charge in [-0.15, -0.1) is 0 Å². The minimum Gasteiger partial charge on any atom is -0.399 e. The van der Waals surface area contributed by atoms with E-state index in [1.165, 1.54) is 10.6 Å². The molecule has 5 nitrogen and oxygen atoms in total. The molecule has 1 aromatic carbocycles. The zero-order chi connectivity index (χ0) is 13.3. The summed E-state index contributed by atoms with van der Waals surface area (Å²) in [6, 6.07) is 5.93. The lowest BCUT2D eigenvalue weighted by Gasteiger charge is -2.35. The molecule has 6 heteroatoms. The summed E-state index contributed by atoms with van der Waals surface area (Å²) in [5, 5.41) is 0. The number of aryl methyl sites for hydroxylation is 1. The first-order chi connectivity index (χ1) is 8.38. The van der Waals surface area contributed by atoms with E-state index in [0.717, 1.165) is 30.0 Å². The van der Waals surface area contributed by atoms with E-state index in [0.29, 0.717) is 13.1 Å². The summed E-state index contributed by atoms with van der Waals surface area (Å²) < 4.78 is 24.4. The van der Waals surface area contributed by atoms with Gasteiger partial charge in [0.2, 0.25) is 10.0 Å². The topological polar surface area (TPSA) is 66.6 Å². The smallest absolute Gasteiger partial charge is 0.211 e. The van der Waals surface area contributed by atoms with Gasteiger partial charge in [0.15, 0.2) is 0 Å². The minimum absolute atomic E-state index is 0.544. The molecule has 1 fully saturated rings. The highest BCUT2D eigenvalue weighted by Gasteiger charge is 2.23. The first kappa shape index (κ1) is 13.2. The summed E-state index contributed by atoms with van der Waals surface area (Å²) >= 11 is 0. The third kappa shape index (κ3) is 2.76. The average molecular weight is 269 g/mol. The lowest BCUT2D eigenvalue weighted by Crippen LogP contribution is -2.48. The molecular formula is C12H19N3O2S. The van der Waals surface area contributed by atoms with Gasteiger partial charge < -0.3 is 10.6 Å². The van der Waals surface area contributed by atoms with Gasteiger partial charge in [-0.1, -0.05) is 0 Å². The van der Waals surface area contributed by atoms with E-state index < -0.39 is 10.0 Å². The molecule has 100 valence electrons. The van der Waals surface area contributed by atoms with Crippen molar-refractivity contribution in [2.24, 2.45) is 0 Å². The maximum absolute atomic E-state index is 11.4. The maximum Gasteiger partial charge on any atom is 0.211 e. The van der Waals surface area contributed by atoms with E-state index in [1.807, 2.05) is 25.1 Å². The van der Waals surface area contributed by atoms with Crippen molar-refractivity contribution in [1.29, 1.82) is 0 Å². The van der Waals surface area contributed by atoms with Crippen molar-refractivity contribution in [1.82, 2.24) is 4.31 Å². The molecule has 0 aliphatic carbocycles. The molecule has 0 saturated carbocycles. The third-order valence-electron chi connectivity index (χ3n) is 3.33. The molecule has 0 aromatic heterocycles. The normalized spacial score (nSPS) is 18.0. The molecule has 0 unspecified atom stereocenters. The molecule has 0 radical (unpaired) electrons. The van der Waals surface area contributed by atoms with E-state index in [-0.39, 0.29) is 0 Å². The number of benzene rings is 1. The molecular weight excluding hydrogens is 250 g/mol. The molecule has 18 heavy (non-hydrogen) atoms. The molecule has 0 spiro atoms. The molecule has 2 N–H and O–H groups in total. The summed E-state index contributed by atoms with van der Waals surface area (Å²) in [5.74, 6) is 0. The zero-order valence-corrected chi connectivity index (χ0v) is 11.6. The van der Waals surface area contributed by atoms with E-state index in [4.69, 9.17) is 5.73 Å². The molecule has 1 aromatic rings. The quantitative estimate of drug-likeness (QED) is 0.801. The average Bonchev–Trinajstić information content (AvgIpc) is 2.32. The monoisotopic (exact) mass is 269 g/mol. The highest BCUT2D eigenvalue weighted by molar-refractivity contribution is 7.88. The van der Waals surface area contributed by atoms with Crippen LogP contribution in [0.15, 0.2) is 18.2 Å². The Morgan fingerprint density at radius 1 is 1.17 bits per heavy atom. The number of hydrogen-bond donors (Lipinski definition) is 1. The lowest BCUT2D eigenvalue weighted by atomic mass is 10.1. The van der Waals surface area contributed by atoms with Crippen molar-refractivity contribution in [3.63, 3.8) is 0 Å². The van der Waals surface area contributed by atoms with Gasteiger partial charge in [0, 0.05) is 37.6 Å². The summed E-state index contributed by atoms with van der Waals surface area (Å²) in [6.45, 7) is 4.50. The first-order valence-corrected chi connectivity index (χ1v) is 7.79.